The van der Waals surface area contributed by atoms with E-state index in [9.17, 15) is 0 Å². The smallest absolute Gasteiger partial charge is 0.237 e. The van der Waals surface area contributed by atoms with Crippen molar-refractivity contribution in [2.45, 2.75) is 6.04 Å². The van der Waals surface area contributed by atoms with Crippen LogP contribution in [-0.4, -0.2) is 22.1 Å². The highest BCUT2D eigenvalue weighted by Crippen LogP contribution is 2.26. The molecule has 0 spiro atoms. The van der Waals surface area contributed by atoms with Crippen LogP contribution in [0.15, 0.2) is 30.7 Å². The molecule has 0 aromatic carbocycles. The zero-order valence-corrected chi connectivity index (χ0v) is 10.4. The molecular formula is C11H12ClN5O. The van der Waals surface area contributed by atoms with E-state index in [1.165, 1.54) is 7.11 Å². The summed E-state index contributed by atoms with van der Waals surface area (Å²) in [4.78, 5) is 12.2. The molecular weight excluding hydrogens is 254 g/mol. The zero-order chi connectivity index (χ0) is 13.0. The first-order valence-corrected chi connectivity index (χ1v) is 5.56. The Labute approximate surface area is 109 Å². The van der Waals surface area contributed by atoms with Crippen LogP contribution >= 0.6 is 11.6 Å². The van der Waals surface area contributed by atoms with Gasteiger partial charge in [0.2, 0.25) is 5.88 Å². The fraction of sp³-hybridized carbons (Fsp3) is 0.182. The molecule has 18 heavy (non-hydrogen) atoms. The molecule has 0 aliphatic heterocycles. The van der Waals surface area contributed by atoms with Crippen molar-refractivity contribution in [2.75, 3.05) is 7.11 Å². The number of nitrogens with one attached hydrogen (secondary N) is 1. The maximum absolute atomic E-state index is 5.86. The predicted octanol–water partition coefficient (Wildman–Crippen LogP) is 1.09. The van der Waals surface area contributed by atoms with E-state index >= 15 is 0 Å². The average Bonchev–Trinajstić information content (AvgIpc) is 2.40. The van der Waals surface area contributed by atoms with E-state index in [0.29, 0.717) is 16.7 Å². The third-order valence-electron chi connectivity index (χ3n) is 2.41. The van der Waals surface area contributed by atoms with Crippen molar-refractivity contribution >= 4 is 11.6 Å². The normalized spacial score (nSPS) is 12.2. The minimum Gasteiger partial charge on any atom is -0.480 e. The summed E-state index contributed by atoms with van der Waals surface area (Å²) in [5.74, 6) is 5.98. The first-order chi connectivity index (χ1) is 8.76. The Morgan fingerprint density at radius 1 is 1.28 bits per heavy atom. The molecule has 1 atom stereocenters. The third kappa shape index (κ3) is 2.56. The number of rotatable bonds is 4. The Kier molecular flexibility index (Phi) is 4.03. The summed E-state index contributed by atoms with van der Waals surface area (Å²) in [6.07, 6.45) is 4.73. The monoisotopic (exact) mass is 265 g/mol. The summed E-state index contributed by atoms with van der Waals surface area (Å²) in [6.45, 7) is 0. The highest BCUT2D eigenvalue weighted by Gasteiger charge is 2.19. The van der Waals surface area contributed by atoms with Crippen molar-refractivity contribution in [1.29, 1.82) is 0 Å². The molecule has 0 radical (unpaired) electrons. The lowest BCUT2D eigenvalue weighted by Crippen LogP contribution is -2.30. The van der Waals surface area contributed by atoms with Crippen LogP contribution in [0.2, 0.25) is 5.15 Å². The van der Waals surface area contributed by atoms with Gasteiger partial charge in [-0.05, 0) is 17.7 Å². The molecule has 3 N–H and O–H groups in total. The van der Waals surface area contributed by atoms with Gasteiger partial charge in [0.25, 0.3) is 0 Å². The second kappa shape index (κ2) is 5.72. The Balaban J connectivity index is 2.45. The van der Waals surface area contributed by atoms with Crippen LogP contribution < -0.4 is 16.0 Å². The number of nitrogens with zero attached hydrogens (tertiary/aromatic N) is 3. The van der Waals surface area contributed by atoms with Crippen molar-refractivity contribution in [3.63, 3.8) is 0 Å². The molecule has 0 fully saturated rings. The number of aromatic nitrogens is 3. The van der Waals surface area contributed by atoms with E-state index in [1.54, 1.807) is 30.7 Å². The van der Waals surface area contributed by atoms with Gasteiger partial charge in [0, 0.05) is 18.6 Å². The quantitative estimate of drug-likeness (QED) is 0.489. The van der Waals surface area contributed by atoms with Crippen LogP contribution in [0.5, 0.6) is 5.88 Å². The van der Waals surface area contributed by atoms with Crippen molar-refractivity contribution in [2.24, 2.45) is 5.84 Å². The van der Waals surface area contributed by atoms with E-state index in [2.05, 4.69) is 20.4 Å². The van der Waals surface area contributed by atoms with E-state index in [4.69, 9.17) is 22.2 Å². The van der Waals surface area contributed by atoms with Gasteiger partial charge >= 0.3 is 0 Å². The van der Waals surface area contributed by atoms with Crippen LogP contribution in [0.25, 0.3) is 0 Å². The second-order valence-electron chi connectivity index (χ2n) is 3.46. The number of nitrogens with two attached hydrogens (primary N) is 1. The van der Waals surface area contributed by atoms with Gasteiger partial charge in [-0.25, -0.2) is 15.4 Å². The van der Waals surface area contributed by atoms with Crippen LogP contribution in [-0.2, 0) is 0 Å². The molecule has 0 saturated carbocycles. The van der Waals surface area contributed by atoms with Crippen LogP contribution in [0.1, 0.15) is 17.3 Å². The fourth-order valence-electron chi connectivity index (χ4n) is 1.62. The summed E-state index contributed by atoms with van der Waals surface area (Å²) >= 11 is 5.86. The van der Waals surface area contributed by atoms with E-state index in [-0.39, 0.29) is 6.04 Å². The lowest BCUT2D eigenvalue weighted by Gasteiger charge is -2.17. The van der Waals surface area contributed by atoms with Gasteiger partial charge in [-0.3, -0.25) is 10.8 Å². The van der Waals surface area contributed by atoms with E-state index < -0.39 is 0 Å². The van der Waals surface area contributed by atoms with Crippen molar-refractivity contribution in [1.82, 2.24) is 20.4 Å². The lowest BCUT2D eigenvalue weighted by molar-refractivity contribution is 0.383. The maximum atomic E-state index is 5.86. The number of hydrogen-bond acceptors (Lipinski definition) is 6. The highest BCUT2D eigenvalue weighted by molar-refractivity contribution is 6.29. The van der Waals surface area contributed by atoms with Gasteiger partial charge in [0.15, 0.2) is 0 Å². The van der Waals surface area contributed by atoms with E-state index in [0.717, 1.165) is 5.56 Å². The molecule has 0 bridgehead atoms. The summed E-state index contributed by atoms with van der Waals surface area (Å²) in [5, 5.41) is 0.385. The van der Waals surface area contributed by atoms with E-state index in [1.807, 2.05) is 0 Å². The molecule has 6 nitrogen and oxygen atoms in total. The second-order valence-corrected chi connectivity index (χ2v) is 3.85. The molecule has 0 aliphatic carbocycles. The Hall–Kier alpha value is -1.76. The summed E-state index contributed by atoms with van der Waals surface area (Å²) in [5.41, 5.74) is 4.09. The number of halogens is 1. The standard InChI is InChI=1S/C11H12ClN5O/c1-18-11-10(15-4-5-16-11)9(17-13)7-2-3-14-8(12)6-7/h2-6,9,17H,13H2,1H3. The number of hydrazine groups is 1. The number of hydrogen-bond donors (Lipinski definition) is 2. The lowest BCUT2D eigenvalue weighted by atomic mass is 10.1. The summed E-state index contributed by atoms with van der Waals surface area (Å²) in [6, 6.07) is 3.14. The minimum atomic E-state index is -0.367. The number of ether oxygens (including phenoxy) is 1. The molecule has 2 aromatic heterocycles. The largest absolute Gasteiger partial charge is 0.480 e. The zero-order valence-electron chi connectivity index (χ0n) is 9.67. The van der Waals surface area contributed by atoms with Crippen molar-refractivity contribution < 1.29 is 4.74 Å². The van der Waals surface area contributed by atoms with Gasteiger partial charge in [-0.2, -0.15) is 0 Å². The molecule has 2 heterocycles. The fourth-order valence-corrected chi connectivity index (χ4v) is 1.80. The first-order valence-electron chi connectivity index (χ1n) is 5.18. The Morgan fingerprint density at radius 3 is 2.72 bits per heavy atom. The van der Waals surface area contributed by atoms with Crippen LogP contribution in [0.3, 0.4) is 0 Å². The third-order valence-corrected chi connectivity index (χ3v) is 2.62. The molecule has 0 saturated heterocycles. The van der Waals surface area contributed by atoms with Crippen molar-refractivity contribution in [3.05, 3.63) is 47.1 Å². The molecule has 94 valence electrons. The molecule has 0 aliphatic rings. The Bertz CT molecular complexity index is 536. The predicted molar refractivity (Wildman–Crippen MR) is 67.0 cm³/mol. The van der Waals surface area contributed by atoms with Gasteiger partial charge < -0.3 is 4.74 Å². The average molecular weight is 266 g/mol. The summed E-state index contributed by atoms with van der Waals surface area (Å²) < 4.78 is 5.16. The first kappa shape index (κ1) is 12.7. The van der Waals surface area contributed by atoms with Crippen LogP contribution in [0, 0.1) is 0 Å². The molecule has 2 rings (SSSR count). The molecule has 0 amide bonds. The highest BCUT2D eigenvalue weighted by atomic mass is 35.5. The number of pyridine rings is 1. The van der Waals surface area contributed by atoms with Gasteiger partial charge in [0.05, 0.1) is 13.2 Å². The minimum absolute atomic E-state index is 0.367. The van der Waals surface area contributed by atoms with Crippen LogP contribution in [0.4, 0.5) is 0 Å². The molecule has 1 unspecified atom stereocenters. The van der Waals surface area contributed by atoms with Gasteiger partial charge in [0.1, 0.15) is 10.8 Å². The Morgan fingerprint density at radius 2 is 2.06 bits per heavy atom. The van der Waals surface area contributed by atoms with Gasteiger partial charge in [-0.1, -0.05) is 11.6 Å². The summed E-state index contributed by atoms with van der Waals surface area (Å²) in [7, 11) is 1.53. The topological polar surface area (TPSA) is 86.0 Å². The molecule has 2 aromatic rings. The van der Waals surface area contributed by atoms with Gasteiger partial charge in [-0.15, -0.1) is 0 Å². The number of methoxy groups -OCH3 is 1. The maximum Gasteiger partial charge on any atom is 0.237 e. The SMILES string of the molecule is COc1nccnc1C(NN)c1ccnc(Cl)c1. The van der Waals surface area contributed by atoms with Crippen molar-refractivity contribution in [3.8, 4) is 5.88 Å². The molecule has 7 heteroatoms.